The number of hydrogen-bond acceptors (Lipinski definition) is 3. The second-order valence-corrected chi connectivity index (χ2v) is 7.68. The van der Waals surface area contributed by atoms with Crippen LogP contribution in [0.25, 0.3) is 0 Å². The molecule has 0 aromatic heterocycles. The lowest BCUT2D eigenvalue weighted by Crippen LogP contribution is -2.30. The van der Waals surface area contributed by atoms with Crippen LogP contribution in [-0.4, -0.2) is 18.6 Å². The zero-order valence-electron chi connectivity index (χ0n) is 16.9. The van der Waals surface area contributed by atoms with Gasteiger partial charge in [0, 0.05) is 5.69 Å². The number of hydrogen-bond donors (Lipinski definition) is 1. The van der Waals surface area contributed by atoms with Gasteiger partial charge >= 0.3 is 0 Å². The van der Waals surface area contributed by atoms with Crippen molar-refractivity contribution in [2.75, 3.05) is 11.9 Å². The Hall–Kier alpha value is -2.49. The van der Waals surface area contributed by atoms with Gasteiger partial charge in [-0.15, -0.1) is 0 Å². The first-order valence-corrected chi connectivity index (χ1v) is 10.4. The van der Waals surface area contributed by atoms with E-state index >= 15 is 0 Å². The summed E-state index contributed by atoms with van der Waals surface area (Å²) >= 11 is 0. The third-order valence-electron chi connectivity index (χ3n) is 5.41. The second kappa shape index (κ2) is 10.2. The van der Waals surface area contributed by atoms with Crippen LogP contribution >= 0.6 is 0 Å². The van der Waals surface area contributed by atoms with Crippen LogP contribution in [0.3, 0.4) is 0 Å². The van der Waals surface area contributed by atoms with Crippen molar-refractivity contribution in [3.63, 3.8) is 0 Å². The molecule has 1 atom stereocenters. The Bertz CT molecular complexity index is 751. The standard InChI is InChI=1S/C24H31NO3/c1-18-8-6-7-11-23(18)28-19(2)24(26)25-21-12-14-22(15-13-21)27-17-16-20-9-4-3-5-10-20/h6-8,11-15,19-20H,3-5,9-10,16-17H2,1-2H3,(H,25,26). The first-order chi connectivity index (χ1) is 13.6. The normalized spacial score (nSPS) is 15.6. The van der Waals surface area contributed by atoms with Crippen molar-refractivity contribution in [2.24, 2.45) is 5.92 Å². The monoisotopic (exact) mass is 381 g/mol. The van der Waals surface area contributed by atoms with Gasteiger partial charge in [0.15, 0.2) is 6.10 Å². The van der Waals surface area contributed by atoms with E-state index in [1.54, 1.807) is 6.92 Å². The van der Waals surface area contributed by atoms with Crippen molar-refractivity contribution in [3.05, 3.63) is 54.1 Å². The average molecular weight is 382 g/mol. The van der Waals surface area contributed by atoms with Gasteiger partial charge in [0.25, 0.3) is 5.91 Å². The van der Waals surface area contributed by atoms with E-state index in [0.717, 1.165) is 41.7 Å². The molecule has 1 aliphatic rings. The van der Waals surface area contributed by atoms with E-state index in [1.165, 1.54) is 32.1 Å². The minimum absolute atomic E-state index is 0.172. The number of anilines is 1. The molecule has 4 nitrogen and oxygen atoms in total. The molecule has 0 radical (unpaired) electrons. The predicted molar refractivity (Wildman–Crippen MR) is 113 cm³/mol. The van der Waals surface area contributed by atoms with Gasteiger partial charge in [-0.05, 0) is 62.1 Å². The Morgan fingerprint density at radius 1 is 1.07 bits per heavy atom. The molecule has 1 aliphatic carbocycles. The van der Waals surface area contributed by atoms with Crippen molar-refractivity contribution in [2.45, 2.75) is 58.5 Å². The first kappa shape index (κ1) is 20.2. The van der Waals surface area contributed by atoms with Crippen LogP contribution in [0.5, 0.6) is 11.5 Å². The van der Waals surface area contributed by atoms with Crippen molar-refractivity contribution in [1.82, 2.24) is 0 Å². The lowest BCUT2D eigenvalue weighted by atomic mass is 9.87. The molecule has 2 aromatic rings. The summed E-state index contributed by atoms with van der Waals surface area (Å²) in [4.78, 5) is 12.4. The highest BCUT2D eigenvalue weighted by Crippen LogP contribution is 2.26. The third-order valence-corrected chi connectivity index (χ3v) is 5.41. The molecule has 28 heavy (non-hydrogen) atoms. The van der Waals surface area contributed by atoms with Crippen LogP contribution in [0.15, 0.2) is 48.5 Å². The Balaban J connectivity index is 1.44. The van der Waals surface area contributed by atoms with Crippen molar-refractivity contribution in [1.29, 1.82) is 0 Å². The molecule has 2 aromatic carbocycles. The highest BCUT2D eigenvalue weighted by Gasteiger charge is 2.16. The Morgan fingerprint density at radius 2 is 1.79 bits per heavy atom. The van der Waals surface area contributed by atoms with Crippen LogP contribution in [0.4, 0.5) is 5.69 Å². The highest BCUT2D eigenvalue weighted by molar-refractivity contribution is 5.94. The van der Waals surface area contributed by atoms with Gasteiger partial charge in [0.05, 0.1) is 6.61 Å². The molecule has 3 rings (SSSR count). The van der Waals surface area contributed by atoms with Crippen LogP contribution in [-0.2, 0) is 4.79 Å². The number of benzene rings is 2. The molecule has 1 amide bonds. The van der Waals surface area contributed by atoms with Gasteiger partial charge in [-0.1, -0.05) is 50.3 Å². The van der Waals surface area contributed by atoms with Crippen LogP contribution in [0.2, 0.25) is 0 Å². The minimum atomic E-state index is -0.576. The summed E-state index contributed by atoms with van der Waals surface area (Å²) in [6.07, 6.45) is 7.36. The number of carbonyl (C=O) groups excluding carboxylic acids is 1. The van der Waals surface area contributed by atoms with Gasteiger partial charge in [-0.2, -0.15) is 0 Å². The molecule has 150 valence electrons. The summed E-state index contributed by atoms with van der Waals surface area (Å²) in [5, 5.41) is 2.90. The topological polar surface area (TPSA) is 47.6 Å². The smallest absolute Gasteiger partial charge is 0.265 e. The second-order valence-electron chi connectivity index (χ2n) is 7.68. The maximum Gasteiger partial charge on any atom is 0.265 e. The summed E-state index contributed by atoms with van der Waals surface area (Å²) in [5.41, 5.74) is 1.75. The number of rotatable bonds is 8. The average Bonchev–Trinajstić information content (AvgIpc) is 2.72. The SMILES string of the molecule is Cc1ccccc1OC(C)C(=O)Nc1ccc(OCCC2CCCCC2)cc1. The van der Waals surface area contributed by atoms with E-state index in [4.69, 9.17) is 9.47 Å². The molecule has 1 unspecified atom stereocenters. The van der Waals surface area contributed by atoms with Crippen molar-refractivity contribution < 1.29 is 14.3 Å². The van der Waals surface area contributed by atoms with Gasteiger partial charge in [0.2, 0.25) is 0 Å². The predicted octanol–water partition coefficient (Wildman–Crippen LogP) is 5.75. The summed E-state index contributed by atoms with van der Waals surface area (Å²) < 4.78 is 11.6. The molecule has 0 bridgehead atoms. The summed E-state index contributed by atoms with van der Waals surface area (Å²) in [5.74, 6) is 2.22. The third kappa shape index (κ3) is 6.01. The van der Waals surface area contributed by atoms with Crippen molar-refractivity contribution >= 4 is 11.6 Å². The Kier molecular flexibility index (Phi) is 7.35. The maximum absolute atomic E-state index is 12.4. The Labute approximate surface area is 168 Å². The van der Waals surface area contributed by atoms with E-state index < -0.39 is 6.10 Å². The van der Waals surface area contributed by atoms with Gasteiger partial charge < -0.3 is 14.8 Å². The maximum atomic E-state index is 12.4. The van der Waals surface area contributed by atoms with Crippen molar-refractivity contribution in [3.8, 4) is 11.5 Å². The summed E-state index contributed by atoms with van der Waals surface area (Å²) in [6, 6.07) is 15.2. The molecule has 0 saturated heterocycles. The van der Waals surface area contributed by atoms with Crippen LogP contribution < -0.4 is 14.8 Å². The zero-order chi connectivity index (χ0) is 19.8. The molecular weight excluding hydrogens is 350 g/mol. The van der Waals surface area contributed by atoms with E-state index in [2.05, 4.69) is 5.32 Å². The number of aryl methyl sites for hydroxylation is 1. The van der Waals surface area contributed by atoms with E-state index in [9.17, 15) is 4.79 Å². The number of amides is 1. The Morgan fingerprint density at radius 3 is 2.50 bits per heavy atom. The number of nitrogens with one attached hydrogen (secondary N) is 1. The molecule has 0 heterocycles. The fourth-order valence-electron chi connectivity index (χ4n) is 3.63. The lowest BCUT2D eigenvalue weighted by Gasteiger charge is -2.21. The van der Waals surface area contributed by atoms with E-state index in [-0.39, 0.29) is 5.91 Å². The van der Waals surface area contributed by atoms with Gasteiger partial charge in [-0.3, -0.25) is 4.79 Å². The highest BCUT2D eigenvalue weighted by atomic mass is 16.5. The fraction of sp³-hybridized carbons (Fsp3) is 0.458. The molecule has 1 fully saturated rings. The van der Waals surface area contributed by atoms with E-state index in [1.807, 2.05) is 55.5 Å². The number of ether oxygens (including phenoxy) is 2. The minimum Gasteiger partial charge on any atom is -0.494 e. The quantitative estimate of drug-likeness (QED) is 0.633. The van der Waals surface area contributed by atoms with Crippen LogP contribution in [0.1, 0.15) is 51.0 Å². The van der Waals surface area contributed by atoms with Crippen LogP contribution in [0, 0.1) is 12.8 Å². The van der Waals surface area contributed by atoms with Gasteiger partial charge in [0.1, 0.15) is 11.5 Å². The molecular formula is C24H31NO3. The molecule has 1 N–H and O–H groups in total. The summed E-state index contributed by atoms with van der Waals surface area (Å²) in [7, 11) is 0. The van der Waals surface area contributed by atoms with E-state index in [0.29, 0.717) is 0 Å². The molecule has 0 spiro atoms. The largest absolute Gasteiger partial charge is 0.494 e. The van der Waals surface area contributed by atoms with Gasteiger partial charge in [-0.25, -0.2) is 0 Å². The first-order valence-electron chi connectivity index (χ1n) is 10.4. The number of para-hydroxylation sites is 1. The molecule has 1 saturated carbocycles. The summed E-state index contributed by atoms with van der Waals surface area (Å²) in [6.45, 7) is 4.48. The zero-order valence-corrected chi connectivity index (χ0v) is 16.9. The lowest BCUT2D eigenvalue weighted by molar-refractivity contribution is -0.122. The number of carbonyl (C=O) groups is 1. The molecule has 0 aliphatic heterocycles. The fourth-order valence-corrected chi connectivity index (χ4v) is 3.63. The molecule has 4 heteroatoms.